The van der Waals surface area contributed by atoms with Crippen LogP contribution in [0, 0.1) is 0 Å². The van der Waals surface area contributed by atoms with Crippen molar-refractivity contribution >= 4 is 7.82 Å². The molecule has 2 unspecified atom stereocenters. The van der Waals surface area contributed by atoms with Crippen molar-refractivity contribution in [2.45, 2.75) is 141 Å². The molecule has 0 radical (unpaired) electrons. The van der Waals surface area contributed by atoms with Gasteiger partial charge in [-0.15, -0.1) is 0 Å². The number of rotatable bonds is 19. The molecule has 1 heterocycles. The summed E-state index contributed by atoms with van der Waals surface area (Å²) in [5, 5.41) is 0. The van der Waals surface area contributed by atoms with E-state index in [0.717, 1.165) is 30.3 Å². The van der Waals surface area contributed by atoms with Crippen LogP contribution in [0.4, 0.5) is 0 Å². The molecule has 1 fully saturated rings. The van der Waals surface area contributed by atoms with Gasteiger partial charge in [-0.05, 0) is 12.8 Å². The van der Waals surface area contributed by atoms with Gasteiger partial charge in [-0.1, -0.05) is 103 Å². The Labute approximate surface area is 193 Å². The molecule has 0 aromatic heterocycles. The van der Waals surface area contributed by atoms with Crippen molar-refractivity contribution in [3.63, 3.8) is 0 Å². The molecule has 0 aromatic carbocycles. The van der Waals surface area contributed by atoms with E-state index in [1.54, 1.807) is 0 Å². The normalized spacial score (nSPS) is 21.5. The van der Waals surface area contributed by atoms with Crippen molar-refractivity contribution in [3.05, 3.63) is 0 Å². The van der Waals surface area contributed by atoms with Gasteiger partial charge >= 0.3 is 7.82 Å². The van der Waals surface area contributed by atoms with Crippen LogP contribution in [0.15, 0.2) is 0 Å². The van der Waals surface area contributed by atoms with Gasteiger partial charge in [-0.25, -0.2) is 4.57 Å². The van der Waals surface area contributed by atoms with Gasteiger partial charge in [0.2, 0.25) is 0 Å². The van der Waals surface area contributed by atoms with Crippen LogP contribution >= 0.6 is 7.82 Å². The summed E-state index contributed by atoms with van der Waals surface area (Å²) in [7, 11) is 0.108. The maximum Gasteiger partial charge on any atom is 0.469 e. The highest BCUT2D eigenvalue weighted by Gasteiger charge is 2.38. The number of hydrogen-bond donors (Lipinski definition) is 2. The Morgan fingerprint density at radius 2 is 1.19 bits per heavy atom. The number of hydrogen-bond acceptors (Lipinski definition) is 2. The SMILES string of the molecule is CCCCCCCCCCCCCCCCCCC1CC(OP(=O)(O)O)CC[N+]1(C)C. The minimum absolute atomic E-state index is 0.293. The Bertz CT molecular complexity index is 480. The summed E-state index contributed by atoms with van der Waals surface area (Å²) in [6.45, 7) is 3.20. The molecule has 2 atom stereocenters. The van der Waals surface area contributed by atoms with Gasteiger partial charge in [-0.3, -0.25) is 4.52 Å². The number of unbranched alkanes of at least 4 members (excludes halogenated alkanes) is 15. The summed E-state index contributed by atoms with van der Waals surface area (Å²) in [6, 6.07) is 0.442. The number of piperidine rings is 1. The molecule has 0 bridgehead atoms. The second-order valence-corrected chi connectivity index (χ2v) is 11.7. The average molecular weight is 463 g/mol. The first kappa shape index (κ1) is 29.1. The molecular formula is C25H53NO4P+. The molecular weight excluding hydrogens is 409 g/mol. The van der Waals surface area contributed by atoms with E-state index in [0.29, 0.717) is 6.04 Å². The van der Waals surface area contributed by atoms with Crippen LogP contribution in [0.25, 0.3) is 0 Å². The van der Waals surface area contributed by atoms with E-state index in [9.17, 15) is 4.57 Å². The van der Waals surface area contributed by atoms with Crippen molar-refractivity contribution in [2.75, 3.05) is 20.6 Å². The molecule has 0 aromatic rings. The largest absolute Gasteiger partial charge is 0.469 e. The van der Waals surface area contributed by atoms with Crippen molar-refractivity contribution in [1.82, 2.24) is 0 Å². The predicted octanol–water partition coefficient (Wildman–Crippen LogP) is 7.35. The molecule has 0 aliphatic carbocycles. The summed E-state index contributed by atoms with van der Waals surface area (Å²) in [6.07, 6.45) is 24.4. The quantitative estimate of drug-likeness (QED) is 0.120. The molecule has 186 valence electrons. The smallest absolute Gasteiger partial charge is 0.326 e. The highest BCUT2D eigenvalue weighted by atomic mass is 31.2. The summed E-state index contributed by atoms with van der Waals surface area (Å²) in [4.78, 5) is 18.2. The van der Waals surface area contributed by atoms with Gasteiger partial charge in [-0.2, -0.15) is 0 Å². The van der Waals surface area contributed by atoms with E-state index < -0.39 is 7.82 Å². The second kappa shape index (κ2) is 16.6. The van der Waals surface area contributed by atoms with E-state index in [2.05, 4.69) is 21.0 Å². The lowest BCUT2D eigenvalue weighted by Gasteiger charge is -2.44. The fourth-order valence-corrected chi connectivity index (χ4v) is 5.63. The standard InChI is InChI=1S/C25H52NO4P/c1-4-5-6-7-8-9-10-11-12-13-14-15-16-17-18-19-20-24-23-25(30-31(27,28)29)21-22-26(24,2)3/h24-25H,4-23H2,1-3H3,(H-,27,28,29)/p+1. The Kier molecular flexibility index (Phi) is 15.6. The van der Waals surface area contributed by atoms with Gasteiger partial charge in [0.25, 0.3) is 0 Å². The summed E-state index contributed by atoms with van der Waals surface area (Å²) in [5.41, 5.74) is 0. The molecule has 0 amide bonds. The Morgan fingerprint density at radius 3 is 1.61 bits per heavy atom. The van der Waals surface area contributed by atoms with E-state index in [-0.39, 0.29) is 6.10 Å². The lowest BCUT2D eigenvalue weighted by atomic mass is 9.93. The van der Waals surface area contributed by atoms with Crippen molar-refractivity contribution < 1.29 is 23.4 Å². The van der Waals surface area contributed by atoms with Gasteiger partial charge in [0.1, 0.15) is 0 Å². The first-order chi connectivity index (χ1) is 14.7. The lowest BCUT2D eigenvalue weighted by Crippen LogP contribution is -2.55. The van der Waals surface area contributed by atoms with Crippen LogP contribution in [0.1, 0.15) is 129 Å². The van der Waals surface area contributed by atoms with Crippen molar-refractivity contribution in [3.8, 4) is 0 Å². The maximum atomic E-state index is 11.2. The zero-order valence-corrected chi connectivity index (χ0v) is 21.8. The molecule has 0 saturated carbocycles. The fraction of sp³-hybridized carbons (Fsp3) is 1.00. The summed E-state index contributed by atoms with van der Waals surface area (Å²) in [5.74, 6) is 0. The van der Waals surface area contributed by atoms with E-state index in [4.69, 9.17) is 14.3 Å². The third-order valence-electron chi connectivity index (χ3n) is 7.23. The molecule has 5 nitrogen and oxygen atoms in total. The third-order valence-corrected chi connectivity index (χ3v) is 7.80. The molecule has 0 spiro atoms. The maximum absolute atomic E-state index is 11.2. The van der Waals surface area contributed by atoms with Crippen LogP contribution < -0.4 is 0 Å². The summed E-state index contributed by atoms with van der Waals surface area (Å²) >= 11 is 0. The van der Waals surface area contributed by atoms with Crippen molar-refractivity contribution in [1.29, 1.82) is 0 Å². The lowest BCUT2D eigenvalue weighted by molar-refractivity contribution is -0.921. The predicted molar refractivity (Wildman–Crippen MR) is 131 cm³/mol. The van der Waals surface area contributed by atoms with Crippen LogP contribution in [0.3, 0.4) is 0 Å². The van der Waals surface area contributed by atoms with E-state index in [1.165, 1.54) is 103 Å². The highest BCUT2D eigenvalue weighted by Crippen LogP contribution is 2.41. The molecule has 1 saturated heterocycles. The minimum Gasteiger partial charge on any atom is -0.326 e. The number of quaternary nitrogens is 1. The Hall–Kier alpha value is 0.0700. The Balaban J connectivity index is 1.95. The molecule has 1 aliphatic rings. The van der Waals surface area contributed by atoms with Crippen LogP contribution in [-0.2, 0) is 9.09 Å². The van der Waals surface area contributed by atoms with E-state index >= 15 is 0 Å². The first-order valence-corrected chi connectivity index (χ1v) is 14.8. The number of phosphoric ester groups is 1. The highest BCUT2D eigenvalue weighted by molar-refractivity contribution is 7.46. The fourth-order valence-electron chi connectivity index (χ4n) is 5.05. The van der Waals surface area contributed by atoms with Gasteiger partial charge in [0.15, 0.2) is 0 Å². The third kappa shape index (κ3) is 15.5. The van der Waals surface area contributed by atoms with E-state index in [1.807, 2.05) is 0 Å². The molecule has 31 heavy (non-hydrogen) atoms. The molecule has 1 aliphatic heterocycles. The topological polar surface area (TPSA) is 66.8 Å². The van der Waals surface area contributed by atoms with Crippen LogP contribution in [0.5, 0.6) is 0 Å². The van der Waals surface area contributed by atoms with Crippen molar-refractivity contribution in [2.24, 2.45) is 0 Å². The number of nitrogens with zero attached hydrogens (tertiary/aromatic N) is 1. The van der Waals surface area contributed by atoms with Crippen LogP contribution in [-0.4, -0.2) is 47.1 Å². The Morgan fingerprint density at radius 1 is 0.774 bits per heavy atom. The number of likely N-dealkylation sites (tertiary alicyclic amines) is 1. The van der Waals surface area contributed by atoms with Gasteiger partial charge in [0, 0.05) is 12.8 Å². The zero-order valence-electron chi connectivity index (χ0n) is 20.9. The monoisotopic (exact) mass is 462 g/mol. The average Bonchev–Trinajstić information content (AvgIpc) is 2.69. The van der Waals surface area contributed by atoms with Crippen LogP contribution in [0.2, 0.25) is 0 Å². The zero-order chi connectivity index (χ0) is 23.0. The molecule has 6 heteroatoms. The van der Waals surface area contributed by atoms with Gasteiger partial charge in [0.05, 0.1) is 32.8 Å². The first-order valence-electron chi connectivity index (χ1n) is 13.3. The number of phosphoric acid groups is 1. The summed E-state index contributed by atoms with van der Waals surface area (Å²) < 4.78 is 17.1. The van der Waals surface area contributed by atoms with Gasteiger partial charge < -0.3 is 14.3 Å². The molecule has 1 rings (SSSR count). The second-order valence-electron chi connectivity index (χ2n) is 10.5. The molecule has 2 N–H and O–H groups in total. The minimum atomic E-state index is -4.37.